The van der Waals surface area contributed by atoms with Crippen LogP contribution in [0.5, 0.6) is 23.0 Å². The Morgan fingerprint density at radius 2 is 1.59 bits per heavy atom. The highest BCUT2D eigenvalue weighted by atomic mass is 16.8. The van der Waals surface area contributed by atoms with Gasteiger partial charge in [0.2, 0.25) is 17.5 Å². The molecule has 0 aliphatic carbocycles. The van der Waals surface area contributed by atoms with Crippen LogP contribution >= 0.6 is 0 Å². The molecule has 0 spiro atoms. The summed E-state index contributed by atoms with van der Waals surface area (Å²) >= 11 is 0. The Morgan fingerprint density at radius 3 is 2.23 bits per heavy atom. The highest BCUT2D eigenvalue weighted by Gasteiger charge is 2.50. The van der Waals surface area contributed by atoms with Crippen LogP contribution in [0.3, 0.4) is 0 Å². The zero-order valence-electron chi connectivity index (χ0n) is 23.9. The van der Waals surface area contributed by atoms with Crippen molar-refractivity contribution in [3.63, 3.8) is 0 Å². The number of hydrogen-bond donors (Lipinski definition) is 6. The van der Waals surface area contributed by atoms with Crippen LogP contribution in [-0.2, 0) is 14.2 Å². The van der Waals surface area contributed by atoms with Gasteiger partial charge in [-0.15, -0.1) is 0 Å². The Hall–Kier alpha value is -3.51. The highest BCUT2D eigenvalue weighted by Crippen LogP contribution is 2.42. The van der Waals surface area contributed by atoms with E-state index in [1.807, 2.05) is 0 Å². The maximum atomic E-state index is 14.0. The Balaban J connectivity index is 1.60. The van der Waals surface area contributed by atoms with Crippen molar-refractivity contribution in [1.29, 1.82) is 0 Å². The number of aliphatic hydroxyl groups excluding tert-OH is 6. The quantitative estimate of drug-likeness (QED) is 0.171. The normalized spacial score (nSPS) is 30.6. The third-order valence-electron chi connectivity index (χ3n) is 7.57. The van der Waals surface area contributed by atoms with Crippen molar-refractivity contribution in [2.75, 3.05) is 34.5 Å². The summed E-state index contributed by atoms with van der Waals surface area (Å²) < 4.78 is 44.9. The summed E-state index contributed by atoms with van der Waals surface area (Å²) in [5, 5.41) is 61.6. The fourth-order valence-electron chi connectivity index (χ4n) is 5.11. The van der Waals surface area contributed by atoms with E-state index >= 15 is 0 Å². The standard InChI is InChI=1S/C29H34O15/c1-37-13-6-4-12(5-7-13)14-10-40-26-19(20(14)32)16(8-17(38-2)25(26)39-3)42-29-27(23(35)22(34)18(9-30)43-29)44-28-24(36)21(33)15(31)11-41-28/h4-8,10,15,18,21-24,27-31,33-36H,9,11H2,1-3H3/t15-,18+,21-,22-,23-,24-,27-,28+,29-/m1/s1. The molecule has 0 amide bonds. The van der Waals surface area contributed by atoms with Gasteiger partial charge in [0.1, 0.15) is 59.8 Å². The molecule has 3 heterocycles. The molecule has 2 aliphatic heterocycles. The molecule has 2 saturated heterocycles. The monoisotopic (exact) mass is 622 g/mol. The number of methoxy groups -OCH3 is 3. The van der Waals surface area contributed by atoms with Gasteiger partial charge in [-0.2, -0.15) is 0 Å². The highest BCUT2D eigenvalue weighted by molar-refractivity contribution is 5.93. The Bertz CT molecular complexity index is 1490. The van der Waals surface area contributed by atoms with Gasteiger partial charge in [-0.3, -0.25) is 4.79 Å². The van der Waals surface area contributed by atoms with Crippen molar-refractivity contribution < 1.29 is 68.2 Å². The van der Waals surface area contributed by atoms with Crippen molar-refractivity contribution in [2.24, 2.45) is 0 Å². The van der Waals surface area contributed by atoms with E-state index in [0.29, 0.717) is 11.3 Å². The summed E-state index contributed by atoms with van der Waals surface area (Å²) in [6, 6.07) is 7.99. The number of fused-ring (bicyclic) bond motifs is 1. The minimum atomic E-state index is -1.77. The Kier molecular flexibility index (Phi) is 9.59. The van der Waals surface area contributed by atoms with Gasteiger partial charge >= 0.3 is 0 Å². The lowest BCUT2D eigenvalue weighted by atomic mass is 9.98. The van der Waals surface area contributed by atoms with Crippen molar-refractivity contribution in [3.05, 3.63) is 46.8 Å². The van der Waals surface area contributed by atoms with E-state index in [0.717, 1.165) is 0 Å². The summed E-state index contributed by atoms with van der Waals surface area (Å²) in [6.07, 6.45) is -13.2. The number of benzene rings is 2. The van der Waals surface area contributed by atoms with Crippen LogP contribution in [-0.4, -0.2) is 120 Å². The van der Waals surface area contributed by atoms with Crippen LogP contribution in [0.2, 0.25) is 0 Å². The topological polar surface area (TPSA) is 216 Å². The summed E-state index contributed by atoms with van der Waals surface area (Å²) in [5.41, 5.74) is 0.0767. The van der Waals surface area contributed by atoms with Crippen LogP contribution in [0.15, 0.2) is 45.8 Å². The van der Waals surface area contributed by atoms with E-state index in [1.54, 1.807) is 24.3 Å². The summed E-state index contributed by atoms with van der Waals surface area (Å²) in [7, 11) is 4.22. The fourth-order valence-corrected chi connectivity index (χ4v) is 5.11. The van der Waals surface area contributed by atoms with E-state index in [9.17, 15) is 35.4 Å². The van der Waals surface area contributed by atoms with Crippen LogP contribution in [0.1, 0.15) is 0 Å². The van der Waals surface area contributed by atoms with Crippen molar-refractivity contribution >= 4 is 11.0 Å². The maximum absolute atomic E-state index is 14.0. The SMILES string of the molecule is COc1ccc(-c2coc3c(OC)c(OC)cc(O[C@@H]4O[C@@H](CO)[C@@H](O)[C@@H](O)[C@H]4O[C@@H]4OC[C@@H](O)[C@@H](O)[C@H]4O)c3c2=O)cc1. The molecule has 2 aromatic carbocycles. The van der Waals surface area contributed by atoms with E-state index in [2.05, 4.69) is 0 Å². The molecule has 2 aliphatic rings. The molecule has 240 valence electrons. The molecule has 9 atom stereocenters. The van der Waals surface area contributed by atoms with Crippen LogP contribution < -0.4 is 24.4 Å². The number of aliphatic hydroxyl groups is 6. The van der Waals surface area contributed by atoms with Gasteiger partial charge in [0.05, 0.1) is 40.1 Å². The maximum Gasteiger partial charge on any atom is 0.229 e. The third-order valence-corrected chi connectivity index (χ3v) is 7.57. The van der Waals surface area contributed by atoms with Gasteiger partial charge in [-0.1, -0.05) is 12.1 Å². The third kappa shape index (κ3) is 5.81. The second-order valence-corrected chi connectivity index (χ2v) is 10.2. The average Bonchev–Trinajstić information content (AvgIpc) is 3.04. The lowest BCUT2D eigenvalue weighted by Gasteiger charge is -2.44. The molecule has 0 radical (unpaired) electrons. The average molecular weight is 623 g/mol. The van der Waals surface area contributed by atoms with Crippen molar-refractivity contribution in [2.45, 2.75) is 55.3 Å². The smallest absolute Gasteiger partial charge is 0.229 e. The minimum Gasteiger partial charge on any atom is -0.497 e. The molecule has 6 N–H and O–H groups in total. The largest absolute Gasteiger partial charge is 0.497 e. The molecule has 5 rings (SSSR count). The number of ether oxygens (including phenoxy) is 7. The van der Waals surface area contributed by atoms with Gasteiger partial charge in [0, 0.05) is 6.07 Å². The molecule has 0 saturated carbocycles. The molecular formula is C29H34O15. The zero-order valence-corrected chi connectivity index (χ0v) is 23.9. The van der Waals surface area contributed by atoms with Gasteiger partial charge in [0.25, 0.3) is 0 Å². The molecule has 44 heavy (non-hydrogen) atoms. The second-order valence-electron chi connectivity index (χ2n) is 10.2. The van der Waals surface area contributed by atoms with Crippen LogP contribution in [0, 0.1) is 0 Å². The zero-order chi connectivity index (χ0) is 31.7. The first-order valence-corrected chi connectivity index (χ1v) is 13.6. The van der Waals surface area contributed by atoms with Gasteiger partial charge in [-0.05, 0) is 17.7 Å². The van der Waals surface area contributed by atoms with E-state index < -0.39 is 74.0 Å². The summed E-state index contributed by atoms with van der Waals surface area (Å²) in [4.78, 5) is 14.0. The molecule has 1 aromatic heterocycles. The molecule has 15 heteroatoms. The van der Waals surface area contributed by atoms with Gasteiger partial charge in [0.15, 0.2) is 23.7 Å². The first-order chi connectivity index (χ1) is 21.1. The number of hydrogen-bond acceptors (Lipinski definition) is 15. The summed E-state index contributed by atoms with van der Waals surface area (Å²) in [5.74, 6) is 0.593. The van der Waals surface area contributed by atoms with Crippen LogP contribution in [0.25, 0.3) is 22.1 Å². The van der Waals surface area contributed by atoms with Gasteiger partial charge in [-0.25, -0.2) is 0 Å². The minimum absolute atomic E-state index is 0.0418. The lowest BCUT2D eigenvalue weighted by Crippen LogP contribution is -2.63. The Morgan fingerprint density at radius 1 is 0.864 bits per heavy atom. The van der Waals surface area contributed by atoms with E-state index in [-0.39, 0.29) is 33.8 Å². The second kappa shape index (κ2) is 13.2. The first-order valence-electron chi connectivity index (χ1n) is 13.6. The number of rotatable bonds is 9. The molecule has 15 nitrogen and oxygen atoms in total. The van der Waals surface area contributed by atoms with Crippen molar-refractivity contribution in [1.82, 2.24) is 0 Å². The van der Waals surface area contributed by atoms with E-state index in [4.69, 9.17) is 37.6 Å². The summed E-state index contributed by atoms with van der Waals surface area (Å²) in [6.45, 7) is -1.13. The van der Waals surface area contributed by atoms with Gasteiger partial charge < -0.3 is 68.2 Å². The Labute approximate surface area is 250 Å². The molecular weight excluding hydrogens is 588 g/mol. The molecule has 0 bridgehead atoms. The van der Waals surface area contributed by atoms with E-state index in [1.165, 1.54) is 33.7 Å². The first kappa shape index (κ1) is 31.9. The van der Waals surface area contributed by atoms with Crippen LogP contribution in [0.4, 0.5) is 0 Å². The van der Waals surface area contributed by atoms with Crippen molar-refractivity contribution in [3.8, 4) is 34.1 Å². The predicted octanol–water partition coefficient (Wildman–Crippen LogP) is -0.872. The molecule has 2 fully saturated rings. The predicted molar refractivity (Wildman–Crippen MR) is 149 cm³/mol. The lowest BCUT2D eigenvalue weighted by molar-refractivity contribution is -0.344. The molecule has 0 unspecified atom stereocenters. The fraction of sp³-hybridized carbons (Fsp3) is 0.483. The molecule has 3 aromatic rings.